The van der Waals surface area contributed by atoms with Gasteiger partial charge in [-0.1, -0.05) is 60.7 Å². The highest BCUT2D eigenvalue weighted by Crippen LogP contribution is 2.21. The van der Waals surface area contributed by atoms with E-state index in [9.17, 15) is 9.59 Å². The van der Waals surface area contributed by atoms with Gasteiger partial charge in [0.05, 0.1) is 19.2 Å². The van der Waals surface area contributed by atoms with Crippen molar-refractivity contribution in [3.05, 3.63) is 71.8 Å². The molecule has 138 valence electrons. The fourth-order valence-corrected chi connectivity index (χ4v) is 2.68. The van der Waals surface area contributed by atoms with Gasteiger partial charge in [0.1, 0.15) is 0 Å². The number of esters is 1. The Morgan fingerprint density at radius 1 is 1.00 bits per heavy atom. The number of nitrogens with one attached hydrogen (secondary N) is 1. The molecule has 0 bridgehead atoms. The van der Waals surface area contributed by atoms with Gasteiger partial charge in [-0.2, -0.15) is 0 Å². The predicted octanol–water partition coefficient (Wildman–Crippen LogP) is 2.78. The number of benzene rings is 2. The number of carbonyl (C=O) groups excluding carboxylic acids is 2. The van der Waals surface area contributed by atoms with Crippen LogP contribution in [-0.2, 0) is 14.3 Å². The number of likely N-dealkylation sites (N-methyl/N-ethyl adjacent to an activating group) is 1. The average molecular weight is 354 g/mol. The molecule has 0 radical (unpaired) electrons. The molecule has 0 atom stereocenters. The Morgan fingerprint density at radius 2 is 1.54 bits per heavy atom. The molecule has 0 aliphatic carbocycles. The summed E-state index contributed by atoms with van der Waals surface area (Å²) < 4.78 is 4.92. The van der Waals surface area contributed by atoms with Crippen molar-refractivity contribution in [3.63, 3.8) is 0 Å². The Balaban J connectivity index is 1.96. The number of carbonyl (C=O) groups is 2. The van der Waals surface area contributed by atoms with Crippen LogP contribution in [0.4, 0.5) is 0 Å². The minimum atomic E-state index is -0.276. The Bertz CT molecular complexity index is 649. The molecule has 1 amide bonds. The van der Waals surface area contributed by atoms with Gasteiger partial charge >= 0.3 is 5.97 Å². The Hall–Kier alpha value is -2.66. The zero-order valence-electron chi connectivity index (χ0n) is 15.4. The van der Waals surface area contributed by atoms with E-state index < -0.39 is 0 Å². The number of ether oxygens (including phenoxy) is 1. The fraction of sp³-hybridized carbons (Fsp3) is 0.333. The van der Waals surface area contributed by atoms with E-state index in [0.717, 1.165) is 11.1 Å². The van der Waals surface area contributed by atoms with Gasteiger partial charge in [-0.15, -0.1) is 0 Å². The van der Waals surface area contributed by atoms with Crippen LogP contribution >= 0.6 is 0 Å². The minimum Gasteiger partial charge on any atom is -0.465 e. The van der Waals surface area contributed by atoms with Crippen molar-refractivity contribution < 1.29 is 14.3 Å². The van der Waals surface area contributed by atoms with Crippen LogP contribution in [0.15, 0.2) is 60.7 Å². The van der Waals surface area contributed by atoms with Gasteiger partial charge in [0.25, 0.3) is 0 Å². The first-order valence-electron chi connectivity index (χ1n) is 8.83. The van der Waals surface area contributed by atoms with Crippen LogP contribution < -0.4 is 5.32 Å². The van der Waals surface area contributed by atoms with E-state index in [1.165, 1.54) is 0 Å². The highest BCUT2D eigenvalue weighted by Gasteiger charge is 2.17. The highest BCUT2D eigenvalue weighted by molar-refractivity contribution is 5.77. The van der Waals surface area contributed by atoms with Crippen molar-refractivity contribution in [3.8, 4) is 0 Å². The van der Waals surface area contributed by atoms with Gasteiger partial charge < -0.3 is 10.1 Å². The zero-order chi connectivity index (χ0) is 18.8. The van der Waals surface area contributed by atoms with Crippen LogP contribution in [0.2, 0.25) is 0 Å². The third-order valence-corrected chi connectivity index (χ3v) is 4.00. The van der Waals surface area contributed by atoms with Crippen molar-refractivity contribution in [2.24, 2.45) is 0 Å². The quantitative estimate of drug-likeness (QED) is 0.704. The van der Waals surface area contributed by atoms with Crippen LogP contribution in [0, 0.1) is 0 Å². The number of rotatable bonds is 9. The lowest BCUT2D eigenvalue weighted by Crippen LogP contribution is -2.34. The second-order valence-corrected chi connectivity index (χ2v) is 6.11. The summed E-state index contributed by atoms with van der Waals surface area (Å²) in [6.07, 6.45) is 0.312. The molecule has 5 nitrogen and oxygen atoms in total. The maximum atomic E-state index is 12.5. The molecule has 2 aromatic carbocycles. The third-order valence-electron chi connectivity index (χ3n) is 4.00. The summed E-state index contributed by atoms with van der Waals surface area (Å²) in [5, 5.41) is 3.10. The Labute approximate surface area is 155 Å². The van der Waals surface area contributed by atoms with Crippen molar-refractivity contribution in [1.82, 2.24) is 10.2 Å². The molecule has 0 fully saturated rings. The van der Waals surface area contributed by atoms with E-state index in [2.05, 4.69) is 5.32 Å². The summed E-state index contributed by atoms with van der Waals surface area (Å²) in [5.74, 6) is -0.333. The molecule has 0 saturated carbocycles. The first kappa shape index (κ1) is 19.7. The predicted molar refractivity (Wildman–Crippen MR) is 102 cm³/mol. The van der Waals surface area contributed by atoms with E-state index in [1.54, 1.807) is 18.9 Å². The molecule has 0 aromatic heterocycles. The molecule has 0 heterocycles. The van der Waals surface area contributed by atoms with Gasteiger partial charge in [-0.25, -0.2) is 0 Å². The van der Waals surface area contributed by atoms with Gasteiger partial charge in [0, 0.05) is 13.0 Å². The Morgan fingerprint density at radius 3 is 2.04 bits per heavy atom. The molecule has 26 heavy (non-hydrogen) atoms. The summed E-state index contributed by atoms with van der Waals surface area (Å²) in [7, 11) is 1.80. The number of amides is 1. The minimum absolute atomic E-state index is 0.0570. The van der Waals surface area contributed by atoms with Crippen molar-refractivity contribution >= 4 is 11.9 Å². The van der Waals surface area contributed by atoms with Crippen LogP contribution in [0.1, 0.15) is 30.5 Å². The Kier molecular flexibility index (Phi) is 7.83. The molecule has 0 saturated heterocycles. The maximum absolute atomic E-state index is 12.5. The van der Waals surface area contributed by atoms with E-state index in [4.69, 9.17) is 4.74 Å². The zero-order valence-corrected chi connectivity index (χ0v) is 15.4. The lowest BCUT2D eigenvalue weighted by molar-refractivity contribution is -0.144. The normalized spacial score (nSPS) is 10.8. The molecular formula is C21H26N2O3. The lowest BCUT2D eigenvalue weighted by atomic mass is 9.98. The van der Waals surface area contributed by atoms with Crippen molar-refractivity contribution in [2.45, 2.75) is 19.4 Å². The van der Waals surface area contributed by atoms with Crippen LogP contribution in [-0.4, -0.2) is 43.5 Å². The van der Waals surface area contributed by atoms with Crippen LogP contribution in [0.3, 0.4) is 0 Å². The second-order valence-electron chi connectivity index (χ2n) is 6.11. The van der Waals surface area contributed by atoms with Gasteiger partial charge in [-0.3, -0.25) is 14.5 Å². The number of nitrogens with zero attached hydrogens (tertiary/aromatic N) is 1. The molecule has 0 unspecified atom stereocenters. The molecular weight excluding hydrogens is 328 g/mol. The topological polar surface area (TPSA) is 58.6 Å². The number of hydrogen-bond acceptors (Lipinski definition) is 4. The molecule has 5 heteroatoms. The third kappa shape index (κ3) is 6.33. The first-order valence-corrected chi connectivity index (χ1v) is 8.83. The highest BCUT2D eigenvalue weighted by atomic mass is 16.5. The van der Waals surface area contributed by atoms with Crippen molar-refractivity contribution in [2.75, 3.05) is 26.7 Å². The average Bonchev–Trinajstić information content (AvgIpc) is 2.66. The molecule has 2 rings (SSSR count). The monoisotopic (exact) mass is 354 g/mol. The fourth-order valence-electron chi connectivity index (χ4n) is 2.68. The molecule has 1 N–H and O–H groups in total. The summed E-state index contributed by atoms with van der Waals surface area (Å²) >= 11 is 0. The largest absolute Gasteiger partial charge is 0.465 e. The van der Waals surface area contributed by atoms with Gasteiger partial charge in [0.15, 0.2) is 0 Å². The first-order chi connectivity index (χ1) is 12.6. The van der Waals surface area contributed by atoms with Gasteiger partial charge in [0.2, 0.25) is 5.91 Å². The van der Waals surface area contributed by atoms with E-state index in [1.807, 2.05) is 60.7 Å². The molecule has 2 aromatic rings. The second kappa shape index (κ2) is 10.4. The van der Waals surface area contributed by atoms with E-state index in [-0.39, 0.29) is 24.5 Å². The molecule has 0 aliphatic rings. The molecule has 0 spiro atoms. The molecule has 0 aliphatic heterocycles. The smallest absolute Gasteiger partial charge is 0.320 e. The van der Waals surface area contributed by atoms with Gasteiger partial charge in [-0.05, 0) is 25.1 Å². The summed E-state index contributed by atoms with van der Waals surface area (Å²) in [5.41, 5.74) is 2.07. The van der Waals surface area contributed by atoms with Crippen LogP contribution in [0.5, 0.6) is 0 Å². The maximum Gasteiger partial charge on any atom is 0.320 e. The van der Waals surface area contributed by atoms with E-state index >= 15 is 0 Å². The number of hydrogen-bond donors (Lipinski definition) is 1. The van der Waals surface area contributed by atoms with Crippen LogP contribution in [0.25, 0.3) is 0 Å². The SMILES string of the molecule is CCOC(=O)CN(C)CCC(=O)NC(c1ccccc1)c1ccccc1. The van der Waals surface area contributed by atoms with Crippen molar-refractivity contribution in [1.29, 1.82) is 0 Å². The summed E-state index contributed by atoms with van der Waals surface area (Å²) in [6.45, 7) is 2.81. The summed E-state index contributed by atoms with van der Waals surface area (Å²) in [4.78, 5) is 25.7. The van der Waals surface area contributed by atoms with E-state index in [0.29, 0.717) is 19.6 Å². The standard InChI is InChI=1S/C21H26N2O3/c1-3-26-20(25)16-23(2)15-14-19(24)22-21(17-10-6-4-7-11-17)18-12-8-5-9-13-18/h4-13,21H,3,14-16H2,1-2H3,(H,22,24). The lowest BCUT2D eigenvalue weighted by Gasteiger charge is -2.21. The summed E-state index contributed by atoms with van der Waals surface area (Å²) in [6, 6.07) is 19.6.